The Kier molecular flexibility index (Phi) is 5.43. The number of rotatable bonds is 5. The fourth-order valence-corrected chi connectivity index (χ4v) is 3.77. The number of nitrogens with zero attached hydrogens (tertiary/aromatic N) is 1. The van der Waals surface area contributed by atoms with Gasteiger partial charge in [0.2, 0.25) is 5.91 Å². The molecule has 4 rings (SSSR count). The SMILES string of the molecule is Cc1ccc(CCNC(=O)[C@@H]2Cc3ccccc3N2C(=O)c2ccccc2)cc1. The molecule has 1 aliphatic heterocycles. The van der Waals surface area contributed by atoms with Gasteiger partial charge in [-0.3, -0.25) is 14.5 Å². The smallest absolute Gasteiger partial charge is 0.259 e. The first kappa shape index (κ1) is 18.9. The molecule has 0 saturated carbocycles. The van der Waals surface area contributed by atoms with Crippen molar-refractivity contribution >= 4 is 17.5 Å². The minimum atomic E-state index is -0.530. The van der Waals surface area contributed by atoms with Crippen molar-refractivity contribution in [1.29, 1.82) is 0 Å². The second kappa shape index (κ2) is 8.31. The lowest BCUT2D eigenvalue weighted by Crippen LogP contribution is -2.48. The number of para-hydroxylation sites is 1. The van der Waals surface area contributed by atoms with Gasteiger partial charge in [-0.05, 0) is 42.7 Å². The Morgan fingerprint density at radius 1 is 0.931 bits per heavy atom. The molecular formula is C25H24N2O2. The molecule has 3 aromatic rings. The van der Waals surface area contributed by atoms with Gasteiger partial charge in [-0.25, -0.2) is 0 Å². The number of carbonyl (C=O) groups is 2. The van der Waals surface area contributed by atoms with Crippen molar-refractivity contribution in [3.8, 4) is 0 Å². The van der Waals surface area contributed by atoms with Crippen molar-refractivity contribution in [2.75, 3.05) is 11.4 Å². The number of anilines is 1. The molecule has 1 atom stereocenters. The first-order valence-electron chi connectivity index (χ1n) is 9.93. The lowest BCUT2D eigenvalue weighted by molar-refractivity contribution is -0.122. The van der Waals surface area contributed by atoms with E-state index < -0.39 is 6.04 Å². The average molecular weight is 384 g/mol. The van der Waals surface area contributed by atoms with Crippen LogP contribution in [0.15, 0.2) is 78.9 Å². The molecule has 0 fully saturated rings. The normalized spacial score (nSPS) is 15.1. The number of hydrogen-bond acceptors (Lipinski definition) is 2. The maximum absolute atomic E-state index is 13.2. The van der Waals surface area contributed by atoms with Crippen LogP contribution in [0.25, 0.3) is 0 Å². The highest BCUT2D eigenvalue weighted by atomic mass is 16.2. The molecule has 1 N–H and O–H groups in total. The average Bonchev–Trinajstić information content (AvgIpc) is 3.15. The summed E-state index contributed by atoms with van der Waals surface area (Å²) < 4.78 is 0. The van der Waals surface area contributed by atoms with Crippen molar-refractivity contribution in [2.24, 2.45) is 0 Å². The van der Waals surface area contributed by atoms with E-state index in [0.29, 0.717) is 18.5 Å². The first-order chi connectivity index (χ1) is 14.1. The van der Waals surface area contributed by atoms with Gasteiger partial charge in [0.15, 0.2) is 0 Å². The number of hydrogen-bond donors (Lipinski definition) is 1. The van der Waals surface area contributed by atoms with Crippen LogP contribution in [0, 0.1) is 6.92 Å². The molecule has 0 aromatic heterocycles. The van der Waals surface area contributed by atoms with Gasteiger partial charge in [0, 0.05) is 24.2 Å². The summed E-state index contributed by atoms with van der Waals surface area (Å²) in [6, 6.07) is 24.7. The van der Waals surface area contributed by atoms with Gasteiger partial charge in [-0.2, -0.15) is 0 Å². The number of nitrogens with one attached hydrogen (secondary N) is 1. The Hall–Kier alpha value is -3.40. The van der Waals surface area contributed by atoms with Crippen LogP contribution in [0.2, 0.25) is 0 Å². The van der Waals surface area contributed by atoms with Crippen molar-refractivity contribution in [2.45, 2.75) is 25.8 Å². The van der Waals surface area contributed by atoms with E-state index in [9.17, 15) is 9.59 Å². The van der Waals surface area contributed by atoms with Crippen LogP contribution in [0.1, 0.15) is 27.0 Å². The molecule has 1 heterocycles. The molecule has 4 heteroatoms. The van der Waals surface area contributed by atoms with Crippen LogP contribution in [-0.4, -0.2) is 24.4 Å². The standard InChI is InChI=1S/C25H24N2O2/c1-18-11-13-19(14-12-18)15-16-26-24(28)23-17-21-9-5-6-10-22(21)27(23)25(29)20-7-3-2-4-8-20/h2-14,23H,15-17H2,1H3,(H,26,28)/t23-/m0/s1. The maximum Gasteiger partial charge on any atom is 0.259 e. The molecule has 0 radical (unpaired) electrons. The summed E-state index contributed by atoms with van der Waals surface area (Å²) in [5.74, 6) is -0.258. The maximum atomic E-state index is 13.2. The second-order valence-corrected chi connectivity index (χ2v) is 7.42. The van der Waals surface area contributed by atoms with Crippen molar-refractivity contribution in [1.82, 2.24) is 5.32 Å². The number of amides is 2. The lowest BCUT2D eigenvalue weighted by Gasteiger charge is -2.25. The largest absolute Gasteiger partial charge is 0.354 e. The zero-order valence-corrected chi connectivity index (χ0v) is 16.5. The number of fused-ring (bicyclic) bond motifs is 1. The highest BCUT2D eigenvalue weighted by Gasteiger charge is 2.38. The highest BCUT2D eigenvalue weighted by molar-refractivity contribution is 6.11. The Balaban J connectivity index is 1.49. The fourth-order valence-electron chi connectivity index (χ4n) is 3.77. The summed E-state index contributed by atoms with van der Waals surface area (Å²) in [6.07, 6.45) is 1.30. The highest BCUT2D eigenvalue weighted by Crippen LogP contribution is 2.33. The number of aryl methyl sites for hydroxylation is 1. The van der Waals surface area contributed by atoms with Gasteiger partial charge in [-0.1, -0.05) is 66.2 Å². The Morgan fingerprint density at radius 3 is 2.38 bits per heavy atom. The first-order valence-corrected chi connectivity index (χ1v) is 9.93. The van der Waals surface area contributed by atoms with Crippen molar-refractivity contribution < 1.29 is 9.59 Å². The third-order valence-corrected chi connectivity index (χ3v) is 5.35. The van der Waals surface area contributed by atoms with E-state index in [1.165, 1.54) is 11.1 Å². The van der Waals surface area contributed by atoms with Crippen LogP contribution in [0.4, 0.5) is 5.69 Å². The summed E-state index contributed by atoms with van der Waals surface area (Å²) in [5, 5.41) is 3.03. The van der Waals surface area contributed by atoms with Crippen LogP contribution in [0.5, 0.6) is 0 Å². The molecule has 0 aliphatic carbocycles. The van der Waals surface area contributed by atoms with E-state index in [4.69, 9.17) is 0 Å². The van der Waals surface area contributed by atoms with Crippen molar-refractivity contribution in [3.63, 3.8) is 0 Å². The summed E-state index contributed by atoms with van der Waals surface area (Å²) in [4.78, 5) is 27.8. The molecule has 0 unspecified atom stereocenters. The Bertz CT molecular complexity index is 1010. The number of benzene rings is 3. The Morgan fingerprint density at radius 2 is 1.62 bits per heavy atom. The van der Waals surface area contributed by atoms with E-state index in [1.54, 1.807) is 17.0 Å². The molecule has 2 amide bonds. The van der Waals surface area contributed by atoms with E-state index >= 15 is 0 Å². The Labute approximate surface area is 171 Å². The molecule has 0 saturated heterocycles. The minimum Gasteiger partial charge on any atom is -0.354 e. The molecule has 4 nitrogen and oxygen atoms in total. The third-order valence-electron chi connectivity index (χ3n) is 5.35. The van der Waals surface area contributed by atoms with E-state index in [-0.39, 0.29) is 11.8 Å². The van der Waals surface area contributed by atoms with Crippen LogP contribution in [0.3, 0.4) is 0 Å². The van der Waals surface area contributed by atoms with Crippen LogP contribution < -0.4 is 10.2 Å². The van der Waals surface area contributed by atoms with E-state index in [2.05, 4.69) is 36.5 Å². The molecule has 146 valence electrons. The summed E-state index contributed by atoms with van der Waals surface area (Å²) in [7, 11) is 0. The van der Waals surface area contributed by atoms with Gasteiger partial charge >= 0.3 is 0 Å². The summed E-state index contributed by atoms with van der Waals surface area (Å²) in [6.45, 7) is 2.60. The monoisotopic (exact) mass is 384 g/mol. The topological polar surface area (TPSA) is 49.4 Å². The molecule has 3 aromatic carbocycles. The molecule has 0 bridgehead atoms. The molecule has 0 spiro atoms. The fraction of sp³-hybridized carbons (Fsp3) is 0.200. The molecule has 1 aliphatic rings. The zero-order valence-electron chi connectivity index (χ0n) is 16.5. The quantitative estimate of drug-likeness (QED) is 0.725. The van der Waals surface area contributed by atoms with Gasteiger partial charge in [-0.15, -0.1) is 0 Å². The van der Waals surface area contributed by atoms with Gasteiger partial charge in [0.25, 0.3) is 5.91 Å². The summed E-state index contributed by atoms with van der Waals surface area (Å²) >= 11 is 0. The van der Waals surface area contributed by atoms with Crippen molar-refractivity contribution in [3.05, 3.63) is 101 Å². The third kappa shape index (κ3) is 4.06. The van der Waals surface area contributed by atoms with Crippen LogP contribution >= 0.6 is 0 Å². The summed E-state index contributed by atoms with van der Waals surface area (Å²) in [5.41, 5.74) is 4.83. The van der Waals surface area contributed by atoms with E-state index in [1.807, 2.05) is 42.5 Å². The lowest BCUT2D eigenvalue weighted by atomic mass is 10.1. The second-order valence-electron chi connectivity index (χ2n) is 7.42. The van der Waals surface area contributed by atoms with Gasteiger partial charge < -0.3 is 5.32 Å². The molecule has 29 heavy (non-hydrogen) atoms. The van der Waals surface area contributed by atoms with Gasteiger partial charge in [0.05, 0.1) is 0 Å². The zero-order chi connectivity index (χ0) is 20.2. The predicted octanol–water partition coefficient (Wildman–Crippen LogP) is 3.93. The van der Waals surface area contributed by atoms with Gasteiger partial charge in [0.1, 0.15) is 6.04 Å². The predicted molar refractivity (Wildman–Crippen MR) is 115 cm³/mol. The molecular weight excluding hydrogens is 360 g/mol. The van der Waals surface area contributed by atoms with E-state index in [0.717, 1.165) is 17.7 Å². The minimum absolute atomic E-state index is 0.113. The number of carbonyl (C=O) groups excluding carboxylic acids is 2. The van der Waals surface area contributed by atoms with Crippen LogP contribution in [-0.2, 0) is 17.6 Å².